The SMILES string of the molecule is COc1ccccc1Oc1ccc(NC(=O)c2ccc(CN3CCCC3=O)cc2)cc1. The molecule has 0 unspecified atom stereocenters. The first-order chi connectivity index (χ1) is 15.1. The molecule has 158 valence electrons. The van der Waals surface area contributed by atoms with Crippen molar-refractivity contribution in [2.45, 2.75) is 19.4 Å². The zero-order valence-corrected chi connectivity index (χ0v) is 17.3. The molecule has 4 rings (SSSR count). The number of likely N-dealkylation sites (tertiary alicyclic amines) is 1. The second-order valence-electron chi connectivity index (χ2n) is 7.35. The normalized spacial score (nSPS) is 13.2. The van der Waals surface area contributed by atoms with Gasteiger partial charge in [0.15, 0.2) is 11.5 Å². The molecule has 1 aliphatic rings. The molecule has 0 aliphatic carbocycles. The van der Waals surface area contributed by atoms with Crippen LogP contribution in [-0.2, 0) is 11.3 Å². The zero-order valence-electron chi connectivity index (χ0n) is 17.3. The van der Waals surface area contributed by atoms with Gasteiger partial charge in [0.25, 0.3) is 5.91 Å². The Morgan fingerprint density at radius 3 is 2.32 bits per heavy atom. The molecule has 0 spiro atoms. The van der Waals surface area contributed by atoms with Crippen molar-refractivity contribution in [2.75, 3.05) is 19.0 Å². The lowest BCUT2D eigenvalue weighted by Gasteiger charge is -2.15. The summed E-state index contributed by atoms with van der Waals surface area (Å²) >= 11 is 0. The van der Waals surface area contributed by atoms with E-state index in [1.807, 2.05) is 41.3 Å². The summed E-state index contributed by atoms with van der Waals surface area (Å²) in [7, 11) is 1.60. The molecule has 3 aromatic rings. The van der Waals surface area contributed by atoms with Crippen LogP contribution in [0.1, 0.15) is 28.8 Å². The van der Waals surface area contributed by atoms with Crippen LogP contribution in [-0.4, -0.2) is 30.4 Å². The van der Waals surface area contributed by atoms with Crippen LogP contribution in [0.15, 0.2) is 72.8 Å². The Morgan fingerprint density at radius 1 is 0.968 bits per heavy atom. The third-order valence-corrected chi connectivity index (χ3v) is 5.17. The van der Waals surface area contributed by atoms with E-state index < -0.39 is 0 Å². The molecule has 3 aromatic carbocycles. The van der Waals surface area contributed by atoms with Crippen molar-refractivity contribution >= 4 is 17.5 Å². The van der Waals surface area contributed by atoms with Gasteiger partial charge in [-0.25, -0.2) is 0 Å². The van der Waals surface area contributed by atoms with E-state index in [9.17, 15) is 9.59 Å². The third-order valence-electron chi connectivity index (χ3n) is 5.17. The van der Waals surface area contributed by atoms with Crippen LogP contribution in [0.5, 0.6) is 17.2 Å². The predicted molar refractivity (Wildman–Crippen MR) is 119 cm³/mol. The van der Waals surface area contributed by atoms with Gasteiger partial charge in [-0.3, -0.25) is 9.59 Å². The number of nitrogens with one attached hydrogen (secondary N) is 1. The minimum atomic E-state index is -0.192. The van der Waals surface area contributed by atoms with Gasteiger partial charge in [0.1, 0.15) is 5.75 Å². The lowest BCUT2D eigenvalue weighted by atomic mass is 10.1. The summed E-state index contributed by atoms with van der Waals surface area (Å²) in [5.41, 5.74) is 2.25. The first-order valence-electron chi connectivity index (χ1n) is 10.2. The standard InChI is InChI=1S/C25H24N2O4/c1-30-22-5-2-3-6-23(22)31-21-14-12-20(13-15-21)26-25(29)19-10-8-18(9-11-19)17-27-16-4-7-24(27)28/h2-3,5-6,8-15H,4,7,16-17H2,1H3,(H,26,29). The summed E-state index contributed by atoms with van der Waals surface area (Å²) in [6.45, 7) is 1.40. The lowest BCUT2D eigenvalue weighted by Crippen LogP contribution is -2.23. The fourth-order valence-corrected chi connectivity index (χ4v) is 3.49. The second-order valence-corrected chi connectivity index (χ2v) is 7.35. The molecule has 0 aromatic heterocycles. The first kappa shape index (κ1) is 20.5. The van der Waals surface area contributed by atoms with Gasteiger partial charge in [0, 0.05) is 30.8 Å². The number of carbonyl (C=O) groups excluding carboxylic acids is 2. The second kappa shape index (κ2) is 9.34. The van der Waals surface area contributed by atoms with Crippen LogP contribution < -0.4 is 14.8 Å². The molecule has 6 nitrogen and oxygen atoms in total. The van der Waals surface area contributed by atoms with Gasteiger partial charge in [0.05, 0.1) is 7.11 Å². The smallest absolute Gasteiger partial charge is 0.255 e. The number of hydrogen-bond acceptors (Lipinski definition) is 4. The Labute approximate surface area is 181 Å². The number of nitrogens with zero attached hydrogens (tertiary/aromatic N) is 1. The quantitative estimate of drug-likeness (QED) is 0.597. The van der Waals surface area contributed by atoms with Crippen molar-refractivity contribution in [3.05, 3.63) is 83.9 Å². The highest BCUT2D eigenvalue weighted by Gasteiger charge is 2.20. The fraction of sp³-hybridized carbons (Fsp3) is 0.200. The maximum atomic E-state index is 12.6. The van der Waals surface area contributed by atoms with Crippen molar-refractivity contribution in [3.63, 3.8) is 0 Å². The minimum Gasteiger partial charge on any atom is -0.493 e. The van der Waals surface area contributed by atoms with Crippen LogP contribution in [0, 0.1) is 0 Å². The zero-order chi connectivity index (χ0) is 21.6. The molecule has 31 heavy (non-hydrogen) atoms. The number of ether oxygens (including phenoxy) is 2. The number of amides is 2. The van der Waals surface area contributed by atoms with Gasteiger partial charge in [0.2, 0.25) is 5.91 Å². The minimum absolute atomic E-state index is 0.192. The first-order valence-corrected chi connectivity index (χ1v) is 10.2. The molecule has 0 radical (unpaired) electrons. The number of rotatable bonds is 7. The summed E-state index contributed by atoms with van der Waals surface area (Å²) in [5.74, 6) is 1.92. The van der Waals surface area contributed by atoms with Crippen molar-refractivity contribution < 1.29 is 19.1 Å². The highest BCUT2D eigenvalue weighted by molar-refractivity contribution is 6.04. The molecule has 0 atom stereocenters. The summed E-state index contributed by atoms with van der Waals surface area (Å²) in [4.78, 5) is 26.2. The molecule has 1 N–H and O–H groups in total. The number of methoxy groups -OCH3 is 1. The van der Waals surface area contributed by atoms with Crippen molar-refractivity contribution in [3.8, 4) is 17.2 Å². The van der Waals surface area contributed by atoms with Crippen LogP contribution >= 0.6 is 0 Å². The summed E-state index contributed by atoms with van der Waals surface area (Å²) < 4.78 is 11.1. The number of para-hydroxylation sites is 2. The van der Waals surface area contributed by atoms with Crippen LogP contribution in [0.3, 0.4) is 0 Å². The molecule has 6 heteroatoms. The van der Waals surface area contributed by atoms with Gasteiger partial charge in [-0.15, -0.1) is 0 Å². The van der Waals surface area contributed by atoms with E-state index in [0.717, 1.165) is 18.5 Å². The maximum Gasteiger partial charge on any atom is 0.255 e. The van der Waals surface area contributed by atoms with Gasteiger partial charge in [-0.1, -0.05) is 24.3 Å². The highest BCUT2D eigenvalue weighted by Crippen LogP contribution is 2.31. The monoisotopic (exact) mass is 416 g/mol. The van der Waals surface area contributed by atoms with Crippen molar-refractivity contribution in [1.29, 1.82) is 0 Å². The molecule has 0 saturated carbocycles. The van der Waals surface area contributed by atoms with Gasteiger partial charge < -0.3 is 19.7 Å². The summed E-state index contributed by atoms with van der Waals surface area (Å²) in [6.07, 6.45) is 1.55. The van der Waals surface area contributed by atoms with Crippen LogP contribution in [0.4, 0.5) is 5.69 Å². The lowest BCUT2D eigenvalue weighted by molar-refractivity contribution is -0.128. The Kier molecular flexibility index (Phi) is 6.17. The predicted octanol–water partition coefficient (Wildman–Crippen LogP) is 4.86. The van der Waals surface area contributed by atoms with Crippen LogP contribution in [0.25, 0.3) is 0 Å². The molecule has 1 heterocycles. The van der Waals surface area contributed by atoms with Gasteiger partial charge in [-0.05, 0) is 60.5 Å². The van der Waals surface area contributed by atoms with Crippen LogP contribution in [0.2, 0.25) is 0 Å². The van der Waals surface area contributed by atoms with Gasteiger partial charge >= 0.3 is 0 Å². The summed E-state index contributed by atoms with van der Waals surface area (Å²) in [6, 6.07) is 21.9. The topological polar surface area (TPSA) is 67.9 Å². The Morgan fingerprint density at radius 2 is 1.68 bits per heavy atom. The average Bonchev–Trinajstić information content (AvgIpc) is 3.20. The number of carbonyl (C=O) groups is 2. The number of hydrogen-bond donors (Lipinski definition) is 1. The molecule has 1 fully saturated rings. The van der Waals surface area contributed by atoms with E-state index in [1.165, 1.54) is 0 Å². The van der Waals surface area contributed by atoms with Crippen molar-refractivity contribution in [1.82, 2.24) is 4.90 Å². The molecule has 0 bridgehead atoms. The Hall–Kier alpha value is -3.80. The Bertz CT molecular complexity index is 1060. The largest absolute Gasteiger partial charge is 0.493 e. The average molecular weight is 416 g/mol. The third kappa shape index (κ3) is 5.04. The maximum absolute atomic E-state index is 12.6. The fourth-order valence-electron chi connectivity index (χ4n) is 3.49. The Balaban J connectivity index is 1.35. The molecule has 1 aliphatic heterocycles. The molecular formula is C25H24N2O4. The van der Waals surface area contributed by atoms with E-state index >= 15 is 0 Å². The molecule has 2 amide bonds. The number of benzene rings is 3. The molecular weight excluding hydrogens is 392 g/mol. The summed E-state index contributed by atoms with van der Waals surface area (Å²) in [5, 5.41) is 2.89. The van der Waals surface area contributed by atoms with Gasteiger partial charge in [-0.2, -0.15) is 0 Å². The van der Waals surface area contributed by atoms with Crippen molar-refractivity contribution in [2.24, 2.45) is 0 Å². The molecule has 1 saturated heterocycles. The van der Waals surface area contributed by atoms with E-state index in [0.29, 0.717) is 41.5 Å². The highest BCUT2D eigenvalue weighted by atomic mass is 16.5. The van der Waals surface area contributed by atoms with E-state index in [-0.39, 0.29) is 11.8 Å². The number of anilines is 1. The van der Waals surface area contributed by atoms with E-state index in [4.69, 9.17) is 9.47 Å². The van der Waals surface area contributed by atoms with E-state index in [1.54, 1.807) is 43.5 Å². The van der Waals surface area contributed by atoms with E-state index in [2.05, 4.69) is 5.32 Å².